The number of aromatic nitrogens is 2. The topological polar surface area (TPSA) is 93.1 Å². The summed E-state index contributed by atoms with van der Waals surface area (Å²) in [5.41, 5.74) is 8.11. The van der Waals surface area contributed by atoms with Crippen molar-refractivity contribution in [1.82, 2.24) is 9.97 Å². The first-order valence-electron chi connectivity index (χ1n) is 5.12. The molecule has 1 aromatic heterocycles. The quantitative estimate of drug-likeness (QED) is 0.516. The number of nitrogen functional groups attached to an aromatic ring is 2. The average molecular weight is 240 g/mol. The highest BCUT2D eigenvalue weighted by molar-refractivity contribution is 7.99. The molecule has 5 N–H and O–H groups in total. The van der Waals surface area contributed by atoms with E-state index in [2.05, 4.69) is 20.3 Å². The lowest BCUT2D eigenvalue weighted by molar-refractivity contribution is 0.691. The maximum atomic E-state index is 5.62. The Morgan fingerprint density at radius 1 is 1.56 bits per heavy atom. The molecule has 7 heteroatoms. The van der Waals surface area contributed by atoms with Crippen LogP contribution in [-0.2, 0) is 0 Å². The monoisotopic (exact) mass is 240 g/mol. The van der Waals surface area contributed by atoms with Crippen molar-refractivity contribution >= 4 is 29.3 Å². The van der Waals surface area contributed by atoms with E-state index in [-0.39, 0.29) is 5.95 Å². The third-order valence-electron chi connectivity index (χ3n) is 2.69. The fourth-order valence-corrected chi connectivity index (χ4v) is 2.99. The minimum Gasteiger partial charge on any atom is -0.368 e. The molecule has 0 saturated carbocycles. The summed E-state index contributed by atoms with van der Waals surface area (Å²) < 4.78 is 0. The second-order valence-corrected chi connectivity index (χ2v) is 4.89. The molecule has 1 fully saturated rings. The summed E-state index contributed by atoms with van der Waals surface area (Å²) in [7, 11) is 2.03. The molecule has 0 amide bonds. The van der Waals surface area contributed by atoms with E-state index in [1.54, 1.807) is 6.07 Å². The molecular formula is C9H16N6S. The van der Waals surface area contributed by atoms with Crippen LogP contribution in [0.4, 0.5) is 17.6 Å². The molecule has 0 aliphatic carbocycles. The number of nitrogens with two attached hydrogens (primary N) is 2. The van der Waals surface area contributed by atoms with Gasteiger partial charge in [-0.2, -0.15) is 21.7 Å². The number of thioether (sulfide) groups is 1. The fraction of sp³-hybridized carbons (Fsp3) is 0.556. The van der Waals surface area contributed by atoms with Gasteiger partial charge >= 0.3 is 0 Å². The van der Waals surface area contributed by atoms with Crippen molar-refractivity contribution in [2.45, 2.75) is 12.5 Å². The molecule has 0 spiro atoms. The van der Waals surface area contributed by atoms with E-state index in [0.717, 1.165) is 11.6 Å². The van der Waals surface area contributed by atoms with Gasteiger partial charge in [0.15, 0.2) is 0 Å². The molecule has 6 nitrogen and oxygen atoms in total. The van der Waals surface area contributed by atoms with Gasteiger partial charge in [0.2, 0.25) is 5.95 Å². The lowest BCUT2D eigenvalue weighted by atomic mass is 10.2. The van der Waals surface area contributed by atoms with E-state index in [1.807, 2.05) is 18.8 Å². The number of anilines is 3. The highest BCUT2D eigenvalue weighted by atomic mass is 32.2. The van der Waals surface area contributed by atoms with E-state index < -0.39 is 0 Å². The van der Waals surface area contributed by atoms with E-state index in [0.29, 0.717) is 11.9 Å². The summed E-state index contributed by atoms with van der Waals surface area (Å²) in [5.74, 6) is 9.25. The van der Waals surface area contributed by atoms with Crippen LogP contribution in [0.2, 0.25) is 0 Å². The lowest BCUT2D eigenvalue weighted by Gasteiger charge is -2.25. The minimum absolute atomic E-state index is 0.239. The SMILES string of the molecule is CN(c1cc(NN)nc(N)n1)C1CCSC1. The van der Waals surface area contributed by atoms with E-state index in [4.69, 9.17) is 11.6 Å². The molecular weight excluding hydrogens is 224 g/mol. The predicted molar refractivity (Wildman–Crippen MR) is 68.4 cm³/mol. The highest BCUT2D eigenvalue weighted by Crippen LogP contribution is 2.25. The van der Waals surface area contributed by atoms with Crippen LogP contribution in [0.3, 0.4) is 0 Å². The molecule has 1 aliphatic rings. The lowest BCUT2D eigenvalue weighted by Crippen LogP contribution is -2.32. The van der Waals surface area contributed by atoms with Crippen LogP contribution in [0.25, 0.3) is 0 Å². The van der Waals surface area contributed by atoms with Crippen molar-refractivity contribution in [3.05, 3.63) is 6.07 Å². The van der Waals surface area contributed by atoms with Gasteiger partial charge in [-0.25, -0.2) is 5.84 Å². The molecule has 0 aromatic carbocycles. The molecule has 88 valence electrons. The van der Waals surface area contributed by atoms with Gasteiger partial charge < -0.3 is 16.1 Å². The Hall–Kier alpha value is -1.21. The Labute approximate surface area is 98.8 Å². The third kappa shape index (κ3) is 2.30. The summed E-state index contributed by atoms with van der Waals surface area (Å²) >= 11 is 1.96. The maximum absolute atomic E-state index is 5.62. The Kier molecular flexibility index (Phi) is 3.35. The normalized spacial score (nSPS) is 19.8. The summed E-state index contributed by atoms with van der Waals surface area (Å²) in [5, 5.41) is 0. The van der Waals surface area contributed by atoms with Gasteiger partial charge in [0.25, 0.3) is 0 Å². The summed E-state index contributed by atoms with van der Waals surface area (Å²) in [6.07, 6.45) is 1.18. The van der Waals surface area contributed by atoms with E-state index in [1.165, 1.54) is 12.2 Å². The molecule has 2 rings (SSSR count). The van der Waals surface area contributed by atoms with Crippen molar-refractivity contribution in [1.29, 1.82) is 0 Å². The molecule has 0 radical (unpaired) electrons. The second kappa shape index (κ2) is 4.75. The van der Waals surface area contributed by atoms with Crippen molar-refractivity contribution in [3.8, 4) is 0 Å². The van der Waals surface area contributed by atoms with Crippen molar-refractivity contribution in [2.24, 2.45) is 5.84 Å². The molecule has 1 saturated heterocycles. The zero-order valence-corrected chi connectivity index (χ0v) is 10.00. The highest BCUT2D eigenvalue weighted by Gasteiger charge is 2.21. The van der Waals surface area contributed by atoms with Crippen molar-refractivity contribution in [3.63, 3.8) is 0 Å². The van der Waals surface area contributed by atoms with Crippen LogP contribution in [0.15, 0.2) is 6.07 Å². The summed E-state index contributed by atoms with van der Waals surface area (Å²) in [6.45, 7) is 0. The van der Waals surface area contributed by atoms with Gasteiger partial charge in [0.05, 0.1) is 0 Å². The molecule has 1 aromatic rings. The second-order valence-electron chi connectivity index (χ2n) is 3.74. The van der Waals surface area contributed by atoms with Crippen molar-refractivity contribution in [2.75, 3.05) is 34.6 Å². The van der Waals surface area contributed by atoms with Crippen LogP contribution in [0, 0.1) is 0 Å². The first-order valence-corrected chi connectivity index (χ1v) is 6.28. The van der Waals surface area contributed by atoms with Gasteiger partial charge in [-0.05, 0) is 12.2 Å². The smallest absolute Gasteiger partial charge is 0.223 e. The van der Waals surface area contributed by atoms with Crippen molar-refractivity contribution < 1.29 is 0 Å². The summed E-state index contributed by atoms with van der Waals surface area (Å²) in [4.78, 5) is 10.3. The van der Waals surface area contributed by atoms with Crippen LogP contribution in [0.1, 0.15) is 6.42 Å². The van der Waals surface area contributed by atoms with Crippen LogP contribution in [0.5, 0.6) is 0 Å². The van der Waals surface area contributed by atoms with E-state index >= 15 is 0 Å². The van der Waals surface area contributed by atoms with Crippen LogP contribution >= 0.6 is 11.8 Å². The number of nitrogens with one attached hydrogen (secondary N) is 1. The Balaban J connectivity index is 2.21. The Morgan fingerprint density at radius 3 is 3.00 bits per heavy atom. The molecule has 1 unspecified atom stereocenters. The van der Waals surface area contributed by atoms with Gasteiger partial charge in [0.1, 0.15) is 11.6 Å². The van der Waals surface area contributed by atoms with Gasteiger partial charge in [0, 0.05) is 24.9 Å². The minimum atomic E-state index is 0.239. The Morgan fingerprint density at radius 2 is 2.38 bits per heavy atom. The first-order chi connectivity index (χ1) is 7.70. The zero-order chi connectivity index (χ0) is 11.5. The zero-order valence-electron chi connectivity index (χ0n) is 9.18. The average Bonchev–Trinajstić information content (AvgIpc) is 2.80. The number of nitrogens with zero attached hydrogens (tertiary/aromatic N) is 3. The van der Waals surface area contributed by atoms with Crippen LogP contribution in [-0.4, -0.2) is 34.6 Å². The number of hydrazine groups is 1. The molecule has 16 heavy (non-hydrogen) atoms. The standard InChI is InChI=1S/C9H16N6S/c1-15(6-2-3-16-5-6)8-4-7(14-11)12-9(10)13-8/h4,6H,2-3,5,11H2,1H3,(H3,10,12,13,14). The molecule has 2 heterocycles. The number of rotatable bonds is 3. The number of hydrogen-bond acceptors (Lipinski definition) is 7. The molecule has 1 aliphatic heterocycles. The van der Waals surface area contributed by atoms with Crippen LogP contribution < -0.4 is 21.9 Å². The van der Waals surface area contributed by atoms with Gasteiger partial charge in [-0.15, -0.1) is 0 Å². The predicted octanol–water partition coefficient (Wildman–Crippen LogP) is 0.286. The third-order valence-corrected chi connectivity index (χ3v) is 3.84. The molecule has 1 atom stereocenters. The maximum Gasteiger partial charge on any atom is 0.223 e. The molecule has 0 bridgehead atoms. The van der Waals surface area contributed by atoms with Gasteiger partial charge in [-0.1, -0.05) is 0 Å². The largest absolute Gasteiger partial charge is 0.368 e. The Bertz CT molecular complexity index is 365. The number of hydrogen-bond donors (Lipinski definition) is 3. The van der Waals surface area contributed by atoms with Gasteiger partial charge in [-0.3, -0.25) is 0 Å². The fourth-order valence-electron chi connectivity index (χ4n) is 1.72. The van der Waals surface area contributed by atoms with E-state index in [9.17, 15) is 0 Å². The first kappa shape index (κ1) is 11.3. The summed E-state index contributed by atoms with van der Waals surface area (Å²) in [6, 6.07) is 2.32.